The average molecular weight is 687 g/mol. The molecule has 1 aromatic rings. The van der Waals surface area contributed by atoms with Gasteiger partial charge in [-0.2, -0.15) is 6.42 Å². The first-order valence-electron chi connectivity index (χ1n) is 15.6. The van der Waals surface area contributed by atoms with Gasteiger partial charge in [0, 0.05) is 37.2 Å². The minimum atomic E-state index is 0. The number of rotatable bonds is 10. The molecule has 3 aliphatic carbocycles. The van der Waals surface area contributed by atoms with Gasteiger partial charge in [0.2, 0.25) is 0 Å². The summed E-state index contributed by atoms with van der Waals surface area (Å²) in [5, 5.41) is 5.98. The Balaban J connectivity index is 0.00000241. The van der Waals surface area contributed by atoms with Crippen molar-refractivity contribution < 1.29 is 25.8 Å². The van der Waals surface area contributed by atoms with Gasteiger partial charge in [0.15, 0.2) is 0 Å². The maximum Gasteiger partial charge on any atom is 0.0234 e. The Morgan fingerprint density at radius 2 is 1.47 bits per heavy atom. The van der Waals surface area contributed by atoms with Gasteiger partial charge in [0.05, 0.1) is 0 Å². The molecule has 2 nitrogen and oxygen atoms in total. The predicted octanol–water partition coefficient (Wildman–Crippen LogP) is 11.1. The van der Waals surface area contributed by atoms with Crippen LogP contribution in [0.3, 0.4) is 0 Å². The maximum atomic E-state index is 5.98. The fraction of sp³-hybridized carbons (Fsp3) is 0.771. The summed E-state index contributed by atoms with van der Waals surface area (Å²) in [6, 6.07) is 7.78. The van der Waals surface area contributed by atoms with E-state index in [9.17, 15) is 0 Å². The van der Waals surface area contributed by atoms with E-state index in [2.05, 4.69) is 52.3 Å². The van der Waals surface area contributed by atoms with Gasteiger partial charge in [-0.05, 0) is 36.3 Å². The fourth-order valence-corrected chi connectivity index (χ4v) is 8.04. The first-order chi connectivity index (χ1) is 17.1. The molecule has 38 heavy (non-hydrogen) atoms. The molecular weight excluding hydrogens is 627 g/mol. The molecule has 0 spiro atoms. The third-order valence-electron chi connectivity index (χ3n) is 9.80. The van der Waals surface area contributed by atoms with E-state index in [1.54, 1.807) is 0 Å². The van der Waals surface area contributed by atoms with Crippen molar-refractivity contribution in [1.82, 2.24) is 4.98 Å². The predicted molar refractivity (Wildman–Crippen MR) is 163 cm³/mol. The fourth-order valence-electron chi connectivity index (χ4n) is 8.04. The molecule has 0 bridgehead atoms. The first-order valence-corrected chi connectivity index (χ1v) is 15.6. The van der Waals surface area contributed by atoms with Crippen LogP contribution in [0.5, 0.6) is 0 Å². The Labute approximate surface area is 257 Å². The van der Waals surface area contributed by atoms with Crippen molar-refractivity contribution in [2.24, 2.45) is 29.6 Å². The molecule has 1 heterocycles. The van der Waals surface area contributed by atoms with Gasteiger partial charge in [-0.15, -0.1) is 12.0 Å². The first kappa shape index (κ1) is 36.0. The average Bonchev–Trinajstić information content (AvgIpc) is 2.89. The van der Waals surface area contributed by atoms with Crippen LogP contribution in [0.15, 0.2) is 18.2 Å². The smallest absolute Gasteiger partial charge is 0.0234 e. The molecule has 6 atom stereocenters. The zero-order chi connectivity index (χ0) is 24.6. The summed E-state index contributed by atoms with van der Waals surface area (Å²) in [5.74, 6) is 4.28. The van der Waals surface area contributed by atoms with Gasteiger partial charge in [0.1, 0.15) is 0 Å². The molecule has 3 heteroatoms. The number of hydrogen-bond acceptors (Lipinski definition) is 1. The van der Waals surface area contributed by atoms with Crippen molar-refractivity contribution in [2.45, 2.75) is 142 Å². The van der Waals surface area contributed by atoms with Crippen LogP contribution < -0.4 is 0 Å². The van der Waals surface area contributed by atoms with Crippen LogP contribution in [0.1, 0.15) is 147 Å². The van der Waals surface area contributed by atoms with E-state index in [0.29, 0.717) is 17.9 Å². The van der Waals surface area contributed by atoms with E-state index in [1.807, 2.05) is 0 Å². The summed E-state index contributed by atoms with van der Waals surface area (Å²) in [4.78, 5) is 5.45. The van der Waals surface area contributed by atoms with Gasteiger partial charge >= 0.3 is 0 Å². The maximum absolute atomic E-state index is 5.98. The van der Waals surface area contributed by atoms with Gasteiger partial charge in [-0.1, -0.05) is 135 Å². The zero-order valence-electron chi connectivity index (χ0n) is 25.9. The molecule has 0 aliphatic heterocycles. The van der Waals surface area contributed by atoms with E-state index in [1.165, 1.54) is 108 Å². The monoisotopic (exact) mass is 688 g/mol. The van der Waals surface area contributed by atoms with Crippen molar-refractivity contribution in [3.8, 4) is 0 Å². The Bertz CT molecular complexity index is 725. The summed E-state index contributed by atoms with van der Waals surface area (Å²) in [6.45, 7) is 9.67. The Hall–Kier alpha value is -0.0199. The van der Waals surface area contributed by atoms with E-state index >= 15 is 0 Å². The van der Waals surface area contributed by atoms with Crippen LogP contribution in [0.4, 0.5) is 0 Å². The molecule has 218 valence electrons. The van der Waals surface area contributed by atoms with Crippen molar-refractivity contribution >= 4 is 0 Å². The molecule has 0 saturated heterocycles. The van der Waals surface area contributed by atoms with Gasteiger partial charge in [-0.25, -0.2) is 0 Å². The van der Waals surface area contributed by atoms with Crippen LogP contribution in [0.2, 0.25) is 0 Å². The number of nitrogens with zero attached hydrogens (tertiary/aromatic N) is 2. The Morgan fingerprint density at radius 3 is 2.05 bits per heavy atom. The summed E-state index contributed by atoms with van der Waals surface area (Å²) in [5.41, 5.74) is 2.62. The molecule has 1 aromatic heterocycles. The second-order valence-corrected chi connectivity index (χ2v) is 12.6. The molecule has 0 radical (unpaired) electrons. The number of aromatic nitrogens is 1. The molecule has 3 saturated carbocycles. The summed E-state index contributed by atoms with van der Waals surface area (Å²) in [7, 11) is 0. The van der Waals surface area contributed by atoms with Gasteiger partial charge in [0.25, 0.3) is 0 Å². The number of hydrogen-bond donors (Lipinski definition) is 0. The molecule has 3 fully saturated rings. The molecule has 6 unspecified atom stereocenters. The zero-order valence-corrected chi connectivity index (χ0v) is 29.5. The summed E-state index contributed by atoms with van der Waals surface area (Å²) >= 11 is 0. The SMILES string of the molecule is CCCC1CCCC(CCC)C1[N-]C(c1cccc(C2[CH-]CCCC2)n1)C1CCCCC1C(C)C.[CH3-].[CH3-].[Hf]. The normalized spacial score (nSPS) is 30.4. The van der Waals surface area contributed by atoms with Gasteiger partial charge < -0.3 is 26.6 Å². The van der Waals surface area contributed by atoms with Crippen molar-refractivity contribution in [3.63, 3.8) is 0 Å². The third kappa shape index (κ3) is 9.25. The van der Waals surface area contributed by atoms with E-state index in [0.717, 1.165) is 23.7 Å². The molecule has 3 aliphatic rings. The van der Waals surface area contributed by atoms with Crippen molar-refractivity contribution in [1.29, 1.82) is 0 Å². The third-order valence-corrected chi connectivity index (χ3v) is 9.80. The summed E-state index contributed by atoms with van der Waals surface area (Å²) in [6.07, 6.45) is 22.7. The summed E-state index contributed by atoms with van der Waals surface area (Å²) < 4.78 is 0. The molecule has 0 amide bonds. The molecule has 0 N–H and O–H groups in total. The van der Waals surface area contributed by atoms with E-state index in [4.69, 9.17) is 10.3 Å². The quantitative estimate of drug-likeness (QED) is 0.178. The van der Waals surface area contributed by atoms with Crippen LogP contribution >= 0.6 is 0 Å². The molecular formula is C35H60HfN2-4. The van der Waals surface area contributed by atoms with Crippen molar-refractivity contribution in [3.05, 3.63) is 56.2 Å². The van der Waals surface area contributed by atoms with Crippen LogP contribution in [-0.4, -0.2) is 11.0 Å². The van der Waals surface area contributed by atoms with Crippen LogP contribution in [0, 0.1) is 50.9 Å². The number of pyridine rings is 1. The molecule has 4 rings (SSSR count). The van der Waals surface area contributed by atoms with Crippen molar-refractivity contribution in [2.75, 3.05) is 0 Å². The Kier molecular flexibility index (Phi) is 17.5. The largest absolute Gasteiger partial charge is 0.651 e. The second kappa shape index (κ2) is 18.4. The van der Waals surface area contributed by atoms with Crippen LogP contribution in [-0.2, 0) is 25.8 Å². The van der Waals surface area contributed by atoms with Gasteiger partial charge in [-0.3, -0.25) is 4.98 Å². The second-order valence-electron chi connectivity index (χ2n) is 12.6. The van der Waals surface area contributed by atoms with Crippen LogP contribution in [0.25, 0.3) is 5.32 Å². The minimum absolute atomic E-state index is 0. The topological polar surface area (TPSA) is 27.0 Å². The van der Waals surface area contributed by atoms with E-state index < -0.39 is 0 Å². The Morgan fingerprint density at radius 1 is 0.842 bits per heavy atom. The molecule has 0 aromatic carbocycles. The van der Waals surface area contributed by atoms with E-state index in [-0.39, 0.29) is 46.7 Å². The standard InChI is InChI=1S/C33H54N2.2CH3.Hf/c1-5-14-26-18-12-19-27(15-6-2)32(26)35-33(29-21-11-10-20-28(29)24(3)4)31-23-13-22-30(34-31)25-16-8-7-9-17-25;;;/h13,16,22-29,32-33H,5-12,14-15,17-21H2,1-4H3;2*1H3;/q-2;2*-1;. The minimum Gasteiger partial charge on any atom is -0.651 e.